The molecule has 3 aliphatic rings. The van der Waals surface area contributed by atoms with Crippen LogP contribution in [0, 0.1) is 5.92 Å². The molecule has 6 aromatic rings. The van der Waals surface area contributed by atoms with Crippen molar-refractivity contribution in [3.63, 3.8) is 0 Å². The number of ketones is 2. The van der Waals surface area contributed by atoms with E-state index in [-0.39, 0.29) is 30.7 Å². The maximum atomic E-state index is 14.4. The smallest absolute Gasteiger partial charge is 0.245 e. The van der Waals surface area contributed by atoms with Gasteiger partial charge in [-0.1, -0.05) is 90.0 Å². The topological polar surface area (TPSA) is 118 Å². The van der Waals surface area contributed by atoms with Gasteiger partial charge in [0.2, 0.25) is 5.91 Å². The molecule has 1 N–H and O–H groups in total. The van der Waals surface area contributed by atoms with Crippen molar-refractivity contribution in [2.45, 2.75) is 26.3 Å². The first-order valence-corrected chi connectivity index (χ1v) is 20.0. The van der Waals surface area contributed by atoms with Crippen molar-refractivity contribution in [3.8, 4) is 38.6 Å². The Morgan fingerprint density at radius 1 is 0.965 bits per heavy atom. The highest BCUT2D eigenvalue weighted by atomic mass is 35.5. The van der Waals surface area contributed by atoms with Crippen molar-refractivity contribution in [2.24, 2.45) is 5.92 Å². The second-order valence-corrected chi connectivity index (χ2v) is 16.1. The Labute approximate surface area is 342 Å². The average molecular weight is 814 g/mol. The zero-order valence-electron chi connectivity index (χ0n) is 31.0. The van der Waals surface area contributed by atoms with Gasteiger partial charge in [-0.3, -0.25) is 14.4 Å². The number of nitrogens with one attached hydrogen (secondary N) is 1. The lowest BCUT2D eigenvalue weighted by atomic mass is 9.73. The molecule has 0 saturated heterocycles. The first-order valence-electron chi connectivity index (χ1n) is 18.4. The van der Waals surface area contributed by atoms with Gasteiger partial charge in [0.15, 0.2) is 22.5 Å². The Balaban J connectivity index is 1.04. The van der Waals surface area contributed by atoms with Crippen LogP contribution in [0.5, 0.6) is 5.75 Å². The van der Waals surface area contributed by atoms with Crippen LogP contribution in [0.1, 0.15) is 36.7 Å². The van der Waals surface area contributed by atoms with Crippen LogP contribution in [0.3, 0.4) is 0 Å². The molecule has 0 radical (unpaired) electrons. The molecule has 9 rings (SSSR count). The summed E-state index contributed by atoms with van der Waals surface area (Å²) >= 11 is 14.0. The molecule has 2 atom stereocenters. The summed E-state index contributed by atoms with van der Waals surface area (Å²) in [4.78, 5) is 60.2. The van der Waals surface area contributed by atoms with Gasteiger partial charge in [0.05, 0.1) is 46.6 Å². The summed E-state index contributed by atoms with van der Waals surface area (Å²) < 4.78 is 5.65. The van der Waals surface area contributed by atoms with Crippen LogP contribution in [-0.2, 0) is 15.1 Å². The van der Waals surface area contributed by atoms with Crippen LogP contribution >= 0.6 is 34.5 Å². The molecule has 4 aromatic carbocycles. The molecule has 10 nitrogen and oxygen atoms in total. The highest BCUT2D eigenvalue weighted by Gasteiger charge is 2.50. The summed E-state index contributed by atoms with van der Waals surface area (Å²) in [7, 11) is 0. The molecule has 0 saturated carbocycles. The molecule has 57 heavy (non-hydrogen) atoms. The van der Waals surface area contributed by atoms with Gasteiger partial charge >= 0.3 is 0 Å². The number of halogens is 2. The summed E-state index contributed by atoms with van der Waals surface area (Å²) in [5.41, 5.74) is 4.98. The van der Waals surface area contributed by atoms with Crippen LogP contribution in [0.15, 0.2) is 91.4 Å². The Morgan fingerprint density at radius 3 is 2.51 bits per heavy atom. The van der Waals surface area contributed by atoms with Crippen molar-refractivity contribution in [3.05, 3.63) is 123 Å². The van der Waals surface area contributed by atoms with Gasteiger partial charge in [-0.15, -0.1) is 0 Å². The first-order chi connectivity index (χ1) is 27.5. The SMILES string of the molecule is CCOc1ccc(-c2nc(NC(=O)CN3CN(C4(C)C(=O)C(C)C=c5c4ccc4c5=CC(=O)c5ccccc5-4)c4ncncc43)sc2-c2ccc(Cl)c(Cl)c2)cc1. The fraction of sp³-hybridized carbons (Fsp3) is 0.182. The Hall–Kier alpha value is -5.88. The summed E-state index contributed by atoms with van der Waals surface area (Å²) in [6.45, 7) is 6.37. The quantitative estimate of drug-likeness (QED) is 0.165. The number of amides is 1. The molecule has 3 heterocycles. The molecule has 13 heteroatoms. The Bertz CT molecular complexity index is 2790. The highest BCUT2D eigenvalue weighted by molar-refractivity contribution is 7.19. The van der Waals surface area contributed by atoms with Gasteiger partial charge in [0, 0.05) is 17.0 Å². The van der Waals surface area contributed by atoms with E-state index in [1.165, 1.54) is 17.7 Å². The lowest BCUT2D eigenvalue weighted by Gasteiger charge is -2.42. The van der Waals surface area contributed by atoms with E-state index in [1.54, 1.807) is 24.4 Å². The minimum absolute atomic E-state index is 0.0206. The number of Topliss-reactive ketones (excluding diaryl/α,β-unsaturated/α-hetero) is 2. The highest BCUT2D eigenvalue weighted by Crippen LogP contribution is 2.45. The number of anilines is 3. The summed E-state index contributed by atoms with van der Waals surface area (Å²) in [6, 6.07) is 24.6. The number of aromatic nitrogens is 3. The maximum Gasteiger partial charge on any atom is 0.245 e. The first kappa shape index (κ1) is 36.7. The van der Waals surface area contributed by atoms with E-state index >= 15 is 0 Å². The van der Waals surface area contributed by atoms with Gasteiger partial charge in [-0.25, -0.2) is 15.0 Å². The van der Waals surface area contributed by atoms with Gasteiger partial charge < -0.3 is 19.9 Å². The second kappa shape index (κ2) is 14.3. The number of carbonyl (C=O) groups is 3. The monoisotopic (exact) mass is 812 g/mol. The number of thiazole rings is 1. The van der Waals surface area contributed by atoms with Crippen LogP contribution in [0.4, 0.5) is 16.6 Å². The van der Waals surface area contributed by atoms with E-state index in [2.05, 4.69) is 15.3 Å². The standard InChI is InChI=1S/C44H34Cl2N6O4S/c1-4-56-27-12-9-25(10-13-27)39-40(26-11-16-34(45)35(46)18-26)57-43(50-39)49-38(54)21-51-23-52(42-36(51)20-47-22-48-42)44(3)33-15-14-29-28-7-5-6-8-30(28)37(53)19-31(29)32(33)17-24(2)41(44)55/h5-20,22,24H,4,21,23H2,1-3H3,(H,49,50,54). The van der Waals surface area contributed by atoms with Crippen LogP contribution in [0.2, 0.25) is 10.0 Å². The Morgan fingerprint density at radius 2 is 1.74 bits per heavy atom. The Kier molecular flexibility index (Phi) is 9.19. The van der Waals surface area contributed by atoms with Crippen molar-refractivity contribution < 1.29 is 19.1 Å². The molecular formula is C44H34Cl2N6O4S. The zero-order chi connectivity index (χ0) is 39.6. The summed E-state index contributed by atoms with van der Waals surface area (Å²) in [5, 5.41) is 5.90. The molecular weight excluding hydrogens is 779 g/mol. The van der Waals surface area contributed by atoms with Gasteiger partial charge in [-0.05, 0) is 89.0 Å². The third-order valence-corrected chi connectivity index (χ3v) is 12.6. The minimum Gasteiger partial charge on any atom is -0.494 e. The molecule has 1 amide bonds. The lowest BCUT2D eigenvalue weighted by Crippen LogP contribution is -2.59. The van der Waals surface area contributed by atoms with E-state index in [1.807, 2.05) is 103 Å². The van der Waals surface area contributed by atoms with Crippen molar-refractivity contribution >= 4 is 80.8 Å². The van der Waals surface area contributed by atoms with E-state index in [4.69, 9.17) is 32.9 Å². The number of carbonyl (C=O) groups excluding carboxylic acids is 3. The van der Waals surface area contributed by atoms with E-state index < -0.39 is 11.5 Å². The van der Waals surface area contributed by atoms with Crippen molar-refractivity contribution in [1.29, 1.82) is 0 Å². The van der Waals surface area contributed by atoms with Crippen molar-refractivity contribution in [2.75, 3.05) is 34.9 Å². The number of rotatable bonds is 8. The second-order valence-electron chi connectivity index (χ2n) is 14.3. The molecule has 0 spiro atoms. The van der Waals surface area contributed by atoms with Gasteiger partial charge in [0.1, 0.15) is 23.3 Å². The molecule has 284 valence electrons. The molecule has 2 unspecified atom stereocenters. The molecule has 0 bridgehead atoms. The van der Waals surface area contributed by atoms with Gasteiger partial charge in [-0.2, -0.15) is 0 Å². The van der Waals surface area contributed by atoms with Crippen LogP contribution in [-0.4, -0.2) is 52.2 Å². The maximum absolute atomic E-state index is 14.4. The predicted molar refractivity (Wildman–Crippen MR) is 225 cm³/mol. The summed E-state index contributed by atoms with van der Waals surface area (Å²) in [5.74, 6) is 0.402. The van der Waals surface area contributed by atoms with E-state index in [0.29, 0.717) is 44.5 Å². The average Bonchev–Trinajstić information content (AvgIpc) is 3.80. The predicted octanol–water partition coefficient (Wildman–Crippen LogP) is 7.75. The largest absolute Gasteiger partial charge is 0.494 e. The van der Waals surface area contributed by atoms with Gasteiger partial charge in [0.25, 0.3) is 0 Å². The third kappa shape index (κ3) is 6.17. The zero-order valence-corrected chi connectivity index (χ0v) is 33.4. The molecule has 0 fully saturated rings. The van der Waals surface area contributed by atoms with Crippen molar-refractivity contribution in [1.82, 2.24) is 15.0 Å². The molecule has 2 aliphatic carbocycles. The van der Waals surface area contributed by atoms with Crippen LogP contribution in [0.25, 0.3) is 45.0 Å². The summed E-state index contributed by atoms with van der Waals surface area (Å²) in [6.07, 6.45) is 6.75. The molecule has 1 aliphatic heterocycles. The van der Waals surface area contributed by atoms with Crippen LogP contribution < -0.4 is 30.3 Å². The number of hydrogen-bond donors (Lipinski definition) is 1. The lowest BCUT2D eigenvalue weighted by molar-refractivity contribution is -0.126. The molecule has 2 aromatic heterocycles. The number of ether oxygens (including phenoxy) is 1. The number of hydrogen-bond acceptors (Lipinski definition) is 10. The fourth-order valence-electron chi connectivity index (χ4n) is 8.11. The fourth-order valence-corrected chi connectivity index (χ4v) is 9.41. The number of fused-ring (bicyclic) bond motifs is 6. The normalized spacial score (nSPS) is 17.9. The number of nitrogens with zero attached hydrogens (tertiary/aromatic N) is 5. The number of benzene rings is 4. The minimum atomic E-state index is -1.18. The van der Waals surface area contributed by atoms with E-state index in [9.17, 15) is 14.4 Å². The van der Waals surface area contributed by atoms with E-state index in [0.717, 1.165) is 48.9 Å². The third-order valence-electron chi connectivity index (χ3n) is 10.8.